The van der Waals surface area contributed by atoms with Gasteiger partial charge in [-0.15, -0.1) is 0 Å². The number of hydrogen-bond donors (Lipinski definition) is 2. The van der Waals surface area contributed by atoms with Crippen molar-refractivity contribution in [1.29, 1.82) is 0 Å². The van der Waals surface area contributed by atoms with E-state index in [1.165, 1.54) is 0 Å². The number of hydrogen-bond acceptors (Lipinski definition) is 5. The quantitative estimate of drug-likeness (QED) is 0.366. The van der Waals surface area contributed by atoms with Gasteiger partial charge in [0.2, 0.25) is 0 Å². The minimum atomic E-state index is 0.688. The summed E-state index contributed by atoms with van der Waals surface area (Å²) in [7, 11) is 1.68. The van der Waals surface area contributed by atoms with Gasteiger partial charge in [0.25, 0.3) is 0 Å². The summed E-state index contributed by atoms with van der Waals surface area (Å²) in [6.07, 6.45) is 1.58. The molecule has 32 heavy (non-hydrogen) atoms. The number of fused-ring (bicyclic) bond motifs is 2. The number of imidazole rings is 1. The van der Waals surface area contributed by atoms with Gasteiger partial charge >= 0.3 is 0 Å². The Morgan fingerprint density at radius 2 is 1.97 bits per heavy atom. The Morgan fingerprint density at radius 1 is 1.09 bits per heavy atom. The fourth-order valence-corrected chi connectivity index (χ4v) is 4.38. The predicted molar refractivity (Wildman–Crippen MR) is 129 cm³/mol. The highest BCUT2D eigenvalue weighted by molar-refractivity contribution is 6.35. The molecule has 3 aromatic heterocycles. The van der Waals surface area contributed by atoms with E-state index in [0.717, 1.165) is 62.8 Å². The summed E-state index contributed by atoms with van der Waals surface area (Å²) >= 11 is 6.51. The number of anilines is 1. The SMILES string of the molecule is COc1ccc(Cl)c2c1cc(C)n2CCNc1cc(-c2ccc3nc(C)[nH]c3c2)ncn1. The van der Waals surface area contributed by atoms with Crippen molar-refractivity contribution >= 4 is 39.4 Å². The number of nitrogens with zero attached hydrogens (tertiary/aromatic N) is 4. The molecule has 0 fully saturated rings. The second-order valence-electron chi connectivity index (χ2n) is 7.72. The van der Waals surface area contributed by atoms with Crippen LogP contribution in [0.3, 0.4) is 0 Å². The van der Waals surface area contributed by atoms with Crippen LogP contribution >= 0.6 is 11.6 Å². The Kier molecular flexibility index (Phi) is 5.19. The monoisotopic (exact) mass is 446 g/mol. The number of H-pyrrole nitrogens is 1. The van der Waals surface area contributed by atoms with Crippen molar-refractivity contribution < 1.29 is 4.74 Å². The molecule has 5 rings (SSSR count). The summed E-state index contributed by atoms with van der Waals surface area (Å²) < 4.78 is 7.70. The Labute approximate surface area is 190 Å². The van der Waals surface area contributed by atoms with E-state index in [-0.39, 0.29) is 0 Å². The van der Waals surface area contributed by atoms with Gasteiger partial charge in [0.1, 0.15) is 23.7 Å². The maximum absolute atomic E-state index is 6.51. The van der Waals surface area contributed by atoms with Crippen LogP contribution < -0.4 is 10.1 Å². The van der Waals surface area contributed by atoms with Crippen LogP contribution in [0.5, 0.6) is 5.75 Å². The zero-order valence-electron chi connectivity index (χ0n) is 18.1. The van der Waals surface area contributed by atoms with Crippen molar-refractivity contribution in [3.05, 3.63) is 65.3 Å². The van der Waals surface area contributed by atoms with Gasteiger partial charge in [0.15, 0.2) is 0 Å². The lowest BCUT2D eigenvalue weighted by Crippen LogP contribution is -2.12. The standard InChI is InChI=1S/C24H23ClN6O/c1-14-10-17-22(32-3)7-5-18(25)24(17)31(14)9-8-26-23-12-20(27-13-28-23)16-4-6-19-21(11-16)30-15(2)29-19/h4-7,10-13H,8-9H2,1-3H3,(H,29,30)(H,26,27,28). The molecule has 3 heterocycles. The first kappa shape index (κ1) is 20.3. The Morgan fingerprint density at radius 3 is 2.81 bits per heavy atom. The van der Waals surface area contributed by atoms with Gasteiger partial charge in [-0.2, -0.15) is 0 Å². The van der Waals surface area contributed by atoms with E-state index >= 15 is 0 Å². The minimum absolute atomic E-state index is 0.688. The fourth-order valence-electron chi connectivity index (χ4n) is 4.11. The second-order valence-corrected chi connectivity index (χ2v) is 8.13. The molecule has 0 saturated heterocycles. The van der Waals surface area contributed by atoms with Crippen LogP contribution in [0.25, 0.3) is 33.2 Å². The third-order valence-electron chi connectivity index (χ3n) is 5.60. The number of nitrogens with one attached hydrogen (secondary N) is 2. The molecule has 0 aliphatic rings. The number of rotatable bonds is 6. The van der Waals surface area contributed by atoms with Gasteiger partial charge in [-0.3, -0.25) is 0 Å². The van der Waals surface area contributed by atoms with Crippen molar-refractivity contribution in [2.75, 3.05) is 19.0 Å². The van der Waals surface area contributed by atoms with Crippen molar-refractivity contribution in [3.63, 3.8) is 0 Å². The van der Waals surface area contributed by atoms with E-state index in [1.807, 2.05) is 37.3 Å². The molecule has 0 spiro atoms. The van der Waals surface area contributed by atoms with Crippen LogP contribution in [0.2, 0.25) is 5.02 Å². The number of aryl methyl sites for hydroxylation is 2. The van der Waals surface area contributed by atoms with Crippen LogP contribution in [-0.4, -0.2) is 38.2 Å². The summed E-state index contributed by atoms with van der Waals surface area (Å²) in [5.74, 6) is 2.49. The molecule has 0 bridgehead atoms. The lowest BCUT2D eigenvalue weighted by atomic mass is 10.1. The third-order valence-corrected chi connectivity index (χ3v) is 5.91. The fraction of sp³-hybridized carbons (Fsp3) is 0.208. The highest BCUT2D eigenvalue weighted by atomic mass is 35.5. The van der Waals surface area contributed by atoms with Crippen LogP contribution in [0, 0.1) is 13.8 Å². The number of aromatic amines is 1. The topological polar surface area (TPSA) is 80.6 Å². The smallest absolute Gasteiger partial charge is 0.130 e. The van der Waals surface area contributed by atoms with Gasteiger partial charge in [-0.1, -0.05) is 17.7 Å². The molecule has 2 N–H and O–H groups in total. The van der Waals surface area contributed by atoms with E-state index < -0.39 is 0 Å². The number of methoxy groups -OCH3 is 1. The van der Waals surface area contributed by atoms with Crippen molar-refractivity contribution in [3.8, 4) is 17.0 Å². The molecule has 0 unspecified atom stereocenters. The van der Waals surface area contributed by atoms with Crippen molar-refractivity contribution in [2.24, 2.45) is 0 Å². The highest BCUT2D eigenvalue weighted by Crippen LogP contribution is 2.34. The van der Waals surface area contributed by atoms with E-state index in [0.29, 0.717) is 11.6 Å². The maximum atomic E-state index is 6.51. The van der Waals surface area contributed by atoms with Crippen LogP contribution in [0.4, 0.5) is 5.82 Å². The van der Waals surface area contributed by atoms with Crippen LogP contribution in [0.15, 0.2) is 48.8 Å². The minimum Gasteiger partial charge on any atom is -0.496 e. The summed E-state index contributed by atoms with van der Waals surface area (Å²) in [6.45, 7) is 5.45. The molecule has 0 aliphatic carbocycles. The van der Waals surface area contributed by atoms with Crippen LogP contribution in [0.1, 0.15) is 11.5 Å². The lowest BCUT2D eigenvalue weighted by Gasteiger charge is -2.12. The average molecular weight is 447 g/mol. The first-order chi connectivity index (χ1) is 15.5. The number of halogens is 1. The zero-order valence-corrected chi connectivity index (χ0v) is 18.9. The number of aromatic nitrogens is 5. The maximum Gasteiger partial charge on any atom is 0.130 e. The molecular formula is C24H23ClN6O. The number of ether oxygens (including phenoxy) is 1. The summed E-state index contributed by atoms with van der Waals surface area (Å²) in [5, 5.41) is 5.14. The molecule has 2 aromatic carbocycles. The molecule has 0 saturated carbocycles. The Hall–Kier alpha value is -3.58. The van der Waals surface area contributed by atoms with E-state index in [2.05, 4.69) is 48.9 Å². The Bertz CT molecular complexity index is 1440. The largest absolute Gasteiger partial charge is 0.496 e. The second kappa shape index (κ2) is 8.16. The molecule has 162 valence electrons. The van der Waals surface area contributed by atoms with Gasteiger partial charge in [0, 0.05) is 35.8 Å². The molecule has 0 amide bonds. The number of benzene rings is 2. The van der Waals surface area contributed by atoms with E-state index in [1.54, 1.807) is 13.4 Å². The lowest BCUT2D eigenvalue weighted by molar-refractivity contribution is 0.420. The van der Waals surface area contributed by atoms with Gasteiger partial charge in [0.05, 0.1) is 34.4 Å². The molecule has 5 aromatic rings. The van der Waals surface area contributed by atoms with Gasteiger partial charge < -0.3 is 19.6 Å². The molecular weight excluding hydrogens is 424 g/mol. The highest BCUT2D eigenvalue weighted by Gasteiger charge is 2.13. The first-order valence-corrected chi connectivity index (χ1v) is 10.8. The van der Waals surface area contributed by atoms with Gasteiger partial charge in [-0.05, 0) is 44.2 Å². The zero-order chi connectivity index (χ0) is 22.2. The molecule has 8 heteroatoms. The summed E-state index contributed by atoms with van der Waals surface area (Å²) in [4.78, 5) is 16.6. The predicted octanol–water partition coefficient (Wildman–Crippen LogP) is 5.37. The first-order valence-electron chi connectivity index (χ1n) is 10.4. The molecule has 0 radical (unpaired) electrons. The molecule has 0 atom stereocenters. The van der Waals surface area contributed by atoms with Crippen LogP contribution in [-0.2, 0) is 6.54 Å². The third kappa shape index (κ3) is 3.65. The van der Waals surface area contributed by atoms with Crippen molar-refractivity contribution in [1.82, 2.24) is 24.5 Å². The van der Waals surface area contributed by atoms with Gasteiger partial charge in [-0.25, -0.2) is 15.0 Å². The van der Waals surface area contributed by atoms with E-state index in [4.69, 9.17) is 16.3 Å². The molecule has 7 nitrogen and oxygen atoms in total. The van der Waals surface area contributed by atoms with E-state index in [9.17, 15) is 0 Å². The normalized spacial score (nSPS) is 11.4. The molecule has 0 aliphatic heterocycles. The Balaban J connectivity index is 1.35. The van der Waals surface area contributed by atoms with Crippen molar-refractivity contribution in [2.45, 2.75) is 20.4 Å². The summed E-state index contributed by atoms with van der Waals surface area (Å²) in [6, 6.07) is 13.9. The average Bonchev–Trinajstić information content (AvgIpc) is 3.33. The summed E-state index contributed by atoms with van der Waals surface area (Å²) in [5.41, 5.74) is 5.92.